The standard InChI is InChI=1S/C25H27FN2O4S/c1-17-9-14-23(32-3)24(15-17)33(30,31)28-22(16-19-7-5-4-6-8-19)25(29)27-18(2)20-10-12-21(26)13-11-20/h4-15,18,22,28H,16H2,1-3H3,(H,27,29)/t18-,22+/m1/s1. The second-order valence-corrected chi connectivity index (χ2v) is 9.48. The van der Waals surface area contributed by atoms with Gasteiger partial charge in [-0.25, -0.2) is 12.8 Å². The van der Waals surface area contributed by atoms with Crippen LogP contribution in [-0.2, 0) is 21.2 Å². The van der Waals surface area contributed by atoms with Crippen LogP contribution in [0.5, 0.6) is 5.75 Å². The van der Waals surface area contributed by atoms with Gasteiger partial charge in [-0.15, -0.1) is 0 Å². The van der Waals surface area contributed by atoms with E-state index in [1.54, 1.807) is 38.1 Å². The summed E-state index contributed by atoms with van der Waals surface area (Å²) >= 11 is 0. The summed E-state index contributed by atoms with van der Waals surface area (Å²) in [5.74, 6) is -0.684. The van der Waals surface area contributed by atoms with Crippen LogP contribution < -0.4 is 14.8 Å². The van der Waals surface area contributed by atoms with Crippen molar-refractivity contribution in [1.29, 1.82) is 0 Å². The highest BCUT2D eigenvalue weighted by Crippen LogP contribution is 2.25. The summed E-state index contributed by atoms with van der Waals surface area (Å²) in [5, 5.41) is 2.83. The first-order valence-electron chi connectivity index (χ1n) is 10.5. The van der Waals surface area contributed by atoms with Gasteiger partial charge in [-0.05, 0) is 61.2 Å². The Hall–Kier alpha value is -3.23. The number of sulfonamides is 1. The maximum Gasteiger partial charge on any atom is 0.244 e. The molecule has 1 amide bonds. The zero-order valence-electron chi connectivity index (χ0n) is 18.7. The Balaban J connectivity index is 1.88. The Bertz CT molecular complexity index is 1200. The molecule has 2 N–H and O–H groups in total. The molecule has 0 radical (unpaired) electrons. The second-order valence-electron chi connectivity index (χ2n) is 7.80. The molecule has 6 nitrogen and oxygen atoms in total. The van der Waals surface area contributed by atoms with Crippen molar-refractivity contribution in [1.82, 2.24) is 10.0 Å². The minimum absolute atomic E-state index is 0.0394. The first-order valence-corrected chi connectivity index (χ1v) is 11.9. The van der Waals surface area contributed by atoms with Crippen LogP contribution in [0.4, 0.5) is 4.39 Å². The third-order valence-electron chi connectivity index (χ3n) is 5.23. The van der Waals surface area contributed by atoms with Crippen LogP contribution in [0.15, 0.2) is 77.7 Å². The highest BCUT2D eigenvalue weighted by Gasteiger charge is 2.29. The predicted octanol–water partition coefficient (Wildman–Crippen LogP) is 3.91. The fraction of sp³-hybridized carbons (Fsp3) is 0.240. The molecule has 0 aliphatic heterocycles. The van der Waals surface area contributed by atoms with Gasteiger partial charge in [0.15, 0.2) is 0 Å². The summed E-state index contributed by atoms with van der Waals surface area (Å²) < 4.78 is 47.5. The van der Waals surface area contributed by atoms with Crippen molar-refractivity contribution >= 4 is 15.9 Å². The van der Waals surface area contributed by atoms with Gasteiger partial charge in [-0.1, -0.05) is 48.5 Å². The van der Waals surface area contributed by atoms with Gasteiger partial charge in [-0.2, -0.15) is 4.72 Å². The van der Waals surface area contributed by atoms with Crippen LogP contribution in [0.1, 0.15) is 29.7 Å². The van der Waals surface area contributed by atoms with Crippen LogP contribution in [0.2, 0.25) is 0 Å². The number of hydrogen-bond donors (Lipinski definition) is 2. The molecule has 0 saturated carbocycles. The Labute approximate surface area is 193 Å². The molecule has 0 saturated heterocycles. The van der Waals surface area contributed by atoms with Crippen molar-refractivity contribution in [3.05, 3.63) is 95.3 Å². The van der Waals surface area contributed by atoms with E-state index in [1.807, 2.05) is 30.3 Å². The largest absolute Gasteiger partial charge is 0.495 e. The van der Waals surface area contributed by atoms with Gasteiger partial charge >= 0.3 is 0 Å². The zero-order valence-corrected chi connectivity index (χ0v) is 19.5. The van der Waals surface area contributed by atoms with Gasteiger partial charge < -0.3 is 10.1 Å². The maximum atomic E-state index is 13.2. The number of nitrogens with one attached hydrogen (secondary N) is 2. The maximum absolute atomic E-state index is 13.2. The molecule has 0 heterocycles. The van der Waals surface area contributed by atoms with E-state index in [9.17, 15) is 17.6 Å². The quantitative estimate of drug-likeness (QED) is 0.497. The molecule has 174 valence electrons. The molecule has 33 heavy (non-hydrogen) atoms. The molecule has 0 fully saturated rings. The number of ether oxygens (including phenoxy) is 1. The molecule has 8 heteroatoms. The van der Waals surface area contributed by atoms with Gasteiger partial charge in [0.2, 0.25) is 15.9 Å². The van der Waals surface area contributed by atoms with Crippen molar-refractivity contribution in [3.63, 3.8) is 0 Å². The van der Waals surface area contributed by atoms with Gasteiger partial charge in [-0.3, -0.25) is 4.79 Å². The lowest BCUT2D eigenvalue weighted by molar-refractivity contribution is -0.123. The van der Waals surface area contributed by atoms with Crippen molar-refractivity contribution < 1.29 is 22.3 Å². The van der Waals surface area contributed by atoms with E-state index in [4.69, 9.17) is 4.74 Å². The molecule has 0 aliphatic carbocycles. The number of amides is 1. The summed E-state index contributed by atoms with van der Waals surface area (Å²) in [7, 11) is -2.69. The van der Waals surface area contributed by atoms with E-state index in [2.05, 4.69) is 10.0 Å². The van der Waals surface area contributed by atoms with E-state index in [0.717, 1.165) is 11.1 Å². The SMILES string of the molecule is COc1ccc(C)cc1S(=O)(=O)N[C@@H](Cc1ccccc1)C(=O)N[C@H](C)c1ccc(F)cc1. The fourth-order valence-electron chi connectivity index (χ4n) is 3.43. The number of benzene rings is 3. The summed E-state index contributed by atoms with van der Waals surface area (Å²) in [6.07, 6.45) is 0.149. The third kappa shape index (κ3) is 6.40. The topological polar surface area (TPSA) is 84.5 Å². The van der Waals surface area contributed by atoms with Gasteiger partial charge in [0.05, 0.1) is 13.2 Å². The minimum Gasteiger partial charge on any atom is -0.495 e. The second kappa shape index (κ2) is 10.6. The van der Waals surface area contributed by atoms with Gasteiger partial charge in [0, 0.05) is 0 Å². The smallest absolute Gasteiger partial charge is 0.244 e. The highest BCUT2D eigenvalue weighted by atomic mass is 32.2. The average Bonchev–Trinajstić information content (AvgIpc) is 2.79. The molecule has 0 unspecified atom stereocenters. The van der Waals surface area contributed by atoms with Gasteiger partial charge in [0.1, 0.15) is 22.5 Å². The lowest BCUT2D eigenvalue weighted by atomic mass is 10.0. The number of rotatable bonds is 9. The highest BCUT2D eigenvalue weighted by molar-refractivity contribution is 7.89. The normalized spacial score (nSPS) is 13.2. The fourth-order valence-corrected chi connectivity index (χ4v) is 4.88. The van der Waals surface area contributed by atoms with E-state index in [0.29, 0.717) is 5.56 Å². The van der Waals surface area contributed by atoms with Crippen molar-refractivity contribution in [2.24, 2.45) is 0 Å². The molecule has 0 spiro atoms. The molecular formula is C25H27FN2O4S. The number of carbonyl (C=O) groups is 1. The van der Waals surface area contributed by atoms with Crippen molar-refractivity contribution in [2.45, 2.75) is 37.2 Å². The first-order chi connectivity index (χ1) is 15.7. The minimum atomic E-state index is -4.08. The molecule has 3 rings (SSSR count). The van der Waals surface area contributed by atoms with Crippen LogP contribution in [0.3, 0.4) is 0 Å². The summed E-state index contributed by atoms with van der Waals surface area (Å²) in [4.78, 5) is 13.1. The lowest BCUT2D eigenvalue weighted by Gasteiger charge is -2.22. The van der Waals surface area contributed by atoms with Crippen LogP contribution in [0.25, 0.3) is 0 Å². The van der Waals surface area contributed by atoms with Crippen molar-refractivity contribution in [2.75, 3.05) is 7.11 Å². The Kier molecular flexibility index (Phi) is 7.84. The summed E-state index contributed by atoms with van der Waals surface area (Å²) in [6, 6.07) is 18.2. The van der Waals surface area contributed by atoms with E-state index >= 15 is 0 Å². The predicted molar refractivity (Wildman–Crippen MR) is 125 cm³/mol. The molecule has 2 atom stereocenters. The number of halogens is 1. The number of carbonyl (C=O) groups excluding carboxylic acids is 1. The Morgan fingerprint density at radius 2 is 1.70 bits per heavy atom. The van der Waals surface area contributed by atoms with Crippen molar-refractivity contribution in [3.8, 4) is 5.75 Å². The van der Waals surface area contributed by atoms with Crippen LogP contribution in [0, 0.1) is 12.7 Å². The van der Waals surface area contributed by atoms with Gasteiger partial charge in [0.25, 0.3) is 0 Å². The summed E-state index contributed by atoms with van der Waals surface area (Å²) in [6.45, 7) is 3.53. The molecule has 3 aromatic rings. The molecular weight excluding hydrogens is 443 g/mol. The van der Waals surface area contributed by atoms with Crippen LogP contribution >= 0.6 is 0 Å². The molecule has 0 bridgehead atoms. The number of methoxy groups -OCH3 is 1. The Morgan fingerprint density at radius 3 is 2.33 bits per heavy atom. The number of hydrogen-bond acceptors (Lipinski definition) is 4. The zero-order chi connectivity index (χ0) is 24.0. The average molecular weight is 471 g/mol. The van der Waals surface area contributed by atoms with E-state index < -0.39 is 28.0 Å². The molecule has 3 aromatic carbocycles. The van der Waals surface area contributed by atoms with Crippen LogP contribution in [-0.4, -0.2) is 27.5 Å². The Morgan fingerprint density at radius 1 is 1.03 bits per heavy atom. The third-order valence-corrected chi connectivity index (χ3v) is 6.73. The first kappa shape index (κ1) is 24.4. The molecule has 0 aromatic heterocycles. The summed E-state index contributed by atoms with van der Waals surface area (Å²) in [5.41, 5.74) is 2.24. The van der Waals surface area contributed by atoms with E-state index in [-0.39, 0.29) is 22.9 Å². The monoisotopic (exact) mass is 470 g/mol. The lowest BCUT2D eigenvalue weighted by Crippen LogP contribution is -2.48. The van der Waals surface area contributed by atoms with E-state index in [1.165, 1.54) is 25.3 Å². The molecule has 0 aliphatic rings. The number of aryl methyl sites for hydroxylation is 1.